The fourth-order valence-electron chi connectivity index (χ4n) is 1.31. The van der Waals surface area contributed by atoms with Gasteiger partial charge in [0.2, 0.25) is 5.95 Å². The standard InChI is InChI=1S/C10H15N5/c1-7-3-4-15-9(5-7)13-10(14-15)12-6-8(2)11/h3-5,8H,6,11H2,1-2H3,(H,12,14). The first kappa shape index (κ1) is 9.92. The van der Waals surface area contributed by atoms with Crippen LogP contribution in [0.5, 0.6) is 0 Å². The Morgan fingerprint density at radius 2 is 2.40 bits per heavy atom. The Kier molecular flexibility index (Phi) is 2.55. The van der Waals surface area contributed by atoms with Crippen molar-refractivity contribution in [3.63, 3.8) is 0 Å². The summed E-state index contributed by atoms with van der Waals surface area (Å²) in [4.78, 5) is 4.33. The minimum Gasteiger partial charge on any atom is -0.351 e. The molecule has 2 aromatic rings. The fraction of sp³-hybridized carbons (Fsp3) is 0.400. The van der Waals surface area contributed by atoms with Gasteiger partial charge in [-0.05, 0) is 31.5 Å². The van der Waals surface area contributed by atoms with E-state index in [1.54, 1.807) is 4.52 Å². The van der Waals surface area contributed by atoms with Gasteiger partial charge in [-0.1, -0.05) is 0 Å². The topological polar surface area (TPSA) is 68.2 Å². The molecule has 0 spiro atoms. The van der Waals surface area contributed by atoms with Crippen molar-refractivity contribution in [3.8, 4) is 0 Å². The first-order valence-electron chi connectivity index (χ1n) is 4.97. The van der Waals surface area contributed by atoms with Gasteiger partial charge in [0, 0.05) is 18.8 Å². The van der Waals surface area contributed by atoms with Gasteiger partial charge in [-0.25, -0.2) is 4.52 Å². The predicted octanol–water partition coefficient (Wildman–Crippen LogP) is 0.797. The number of hydrogen-bond donors (Lipinski definition) is 2. The van der Waals surface area contributed by atoms with Crippen molar-refractivity contribution in [1.29, 1.82) is 0 Å². The molecule has 1 atom stereocenters. The first-order chi connectivity index (χ1) is 7.15. The molecule has 0 aromatic carbocycles. The SMILES string of the molecule is Cc1ccn2nc(NCC(C)N)nc2c1. The van der Waals surface area contributed by atoms with E-state index < -0.39 is 0 Å². The number of aromatic nitrogens is 3. The maximum absolute atomic E-state index is 5.63. The molecule has 0 bridgehead atoms. The van der Waals surface area contributed by atoms with Crippen LogP contribution in [0.4, 0.5) is 5.95 Å². The van der Waals surface area contributed by atoms with E-state index in [-0.39, 0.29) is 6.04 Å². The third kappa shape index (κ3) is 2.24. The number of pyridine rings is 1. The van der Waals surface area contributed by atoms with E-state index in [1.807, 2.05) is 32.2 Å². The number of hydrogen-bond acceptors (Lipinski definition) is 4. The highest BCUT2D eigenvalue weighted by molar-refractivity contribution is 5.45. The normalized spacial score (nSPS) is 13.0. The highest BCUT2D eigenvalue weighted by Crippen LogP contribution is 2.07. The summed E-state index contributed by atoms with van der Waals surface area (Å²) in [6.07, 6.45) is 1.90. The van der Waals surface area contributed by atoms with Gasteiger partial charge in [-0.15, -0.1) is 5.10 Å². The van der Waals surface area contributed by atoms with Crippen molar-refractivity contribution < 1.29 is 0 Å². The maximum atomic E-state index is 5.63. The van der Waals surface area contributed by atoms with Gasteiger partial charge in [0.05, 0.1) is 0 Å². The Labute approximate surface area is 88.3 Å². The smallest absolute Gasteiger partial charge is 0.243 e. The van der Waals surface area contributed by atoms with Gasteiger partial charge in [0.15, 0.2) is 5.65 Å². The van der Waals surface area contributed by atoms with Crippen molar-refractivity contribution in [2.45, 2.75) is 19.9 Å². The monoisotopic (exact) mass is 205 g/mol. The molecular weight excluding hydrogens is 190 g/mol. The Morgan fingerprint density at radius 1 is 1.60 bits per heavy atom. The molecule has 0 aliphatic carbocycles. The van der Waals surface area contributed by atoms with Crippen LogP contribution in [0.15, 0.2) is 18.3 Å². The van der Waals surface area contributed by atoms with Crippen molar-refractivity contribution in [2.24, 2.45) is 5.73 Å². The molecule has 2 heterocycles. The molecule has 0 aliphatic heterocycles. The lowest BCUT2D eigenvalue weighted by molar-refractivity contribution is 0.772. The Bertz CT molecular complexity index is 460. The summed E-state index contributed by atoms with van der Waals surface area (Å²) < 4.78 is 1.75. The van der Waals surface area contributed by atoms with Crippen LogP contribution in [-0.2, 0) is 0 Å². The van der Waals surface area contributed by atoms with E-state index in [9.17, 15) is 0 Å². The van der Waals surface area contributed by atoms with E-state index in [4.69, 9.17) is 5.73 Å². The Hall–Kier alpha value is -1.62. The zero-order valence-corrected chi connectivity index (χ0v) is 8.94. The zero-order valence-electron chi connectivity index (χ0n) is 8.94. The van der Waals surface area contributed by atoms with Crippen LogP contribution in [0.25, 0.3) is 5.65 Å². The predicted molar refractivity (Wildman–Crippen MR) is 59.9 cm³/mol. The summed E-state index contributed by atoms with van der Waals surface area (Å²) in [5, 5.41) is 7.35. The number of nitrogens with zero attached hydrogens (tertiary/aromatic N) is 3. The molecule has 1 unspecified atom stereocenters. The molecule has 2 rings (SSSR count). The average molecular weight is 205 g/mol. The lowest BCUT2D eigenvalue weighted by Crippen LogP contribution is -2.25. The lowest BCUT2D eigenvalue weighted by Gasteiger charge is -2.03. The van der Waals surface area contributed by atoms with Crippen LogP contribution >= 0.6 is 0 Å². The first-order valence-corrected chi connectivity index (χ1v) is 4.97. The molecule has 0 aliphatic rings. The highest BCUT2D eigenvalue weighted by atomic mass is 15.3. The van der Waals surface area contributed by atoms with E-state index in [2.05, 4.69) is 15.4 Å². The quantitative estimate of drug-likeness (QED) is 0.777. The van der Waals surface area contributed by atoms with Gasteiger partial charge in [-0.3, -0.25) is 0 Å². The Morgan fingerprint density at radius 3 is 3.13 bits per heavy atom. The number of nitrogens with two attached hydrogens (primary N) is 1. The Balaban J connectivity index is 2.23. The van der Waals surface area contributed by atoms with Crippen LogP contribution < -0.4 is 11.1 Å². The summed E-state index contributed by atoms with van der Waals surface area (Å²) in [6.45, 7) is 4.65. The largest absolute Gasteiger partial charge is 0.351 e. The third-order valence-corrected chi connectivity index (χ3v) is 2.08. The van der Waals surface area contributed by atoms with E-state index in [0.717, 1.165) is 5.65 Å². The van der Waals surface area contributed by atoms with Crippen molar-refractivity contribution >= 4 is 11.6 Å². The van der Waals surface area contributed by atoms with Crippen LogP contribution in [0.3, 0.4) is 0 Å². The molecule has 2 aromatic heterocycles. The van der Waals surface area contributed by atoms with Gasteiger partial charge < -0.3 is 11.1 Å². The van der Waals surface area contributed by atoms with Crippen LogP contribution in [0.2, 0.25) is 0 Å². The van der Waals surface area contributed by atoms with E-state index in [0.29, 0.717) is 12.5 Å². The molecule has 0 radical (unpaired) electrons. The molecular formula is C10H15N5. The summed E-state index contributed by atoms with van der Waals surface area (Å²) >= 11 is 0. The molecule has 0 fully saturated rings. The number of anilines is 1. The van der Waals surface area contributed by atoms with Gasteiger partial charge in [0.1, 0.15) is 0 Å². The second kappa shape index (κ2) is 3.86. The minimum absolute atomic E-state index is 0.0957. The number of nitrogens with one attached hydrogen (secondary N) is 1. The van der Waals surface area contributed by atoms with Crippen LogP contribution in [-0.4, -0.2) is 27.2 Å². The molecule has 80 valence electrons. The summed E-state index contributed by atoms with van der Waals surface area (Å²) in [5.41, 5.74) is 7.66. The molecule has 3 N–H and O–H groups in total. The summed E-state index contributed by atoms with van der Waals surface area (Å²) in [7, 11) is 0. The van der Waals surface area contributed by atoms with Gasteiger partial charge in [0.25, 0.3) is 0 Å². The second-order valence-corrected chi connectivity index (χ2v) is 3.80. The zero-order chi connectivity index (χ0) is 10.8. The molecule has 5 heteroatoms. The molecule has 15 heavy (non-hydrogen) atoms. The molecule has 0 amide bonds. The van der Waals surface area contributed by atoms with Crippen molar-refractivity contribution in [1.82, 2.24) is 14.6 Å². The van der Waals surface area contributed by atoms with E-state index >= 15 is 0 Å². The number of fused-ring (bicyclic) bond motifs is 1. The van der Waals surface area contributed by atoms with Crippen molar-refractivity contribution in [2.75, 3.05) is 11.9 Å². The summed E-state index contributed by atoms with van der Waals surface area (Å²) in [6, 6.07) is 4.08. The average Bonchev–Trinajstić information content (AvgIpc) is 2.56. The summed E-state index contributed by atoms with van der Waals surface area (Å²) in [5.74, 6) is 0.623. The number of aryl methyl sites for hydroxylation is 1. The fourth-order valence-corrected chi connectivity index (χ4v) is 1.31. The lowest BCUT2D eigenvalue weighted by atomic mass is 10.3. The highest BCUT2D eigenvalue weighted by Gasteiger charge is 2.03. The third-order valence-electron chi connectivity index (χ3n) is 2.08. The van der Waals surface area contributed by atoms with E-state index in [1.165, 1.54) is 5.56 Å². The van der Waals surface area contributed by atoms with Crippen molar-refractivity contribution in [3.05, 3.63) is 23.9 Å². The number of rotatable bonds is 3. The van der Waals surface area contributed by atoms with Crippen LogP contribution in [0.1, 0.15) is 12.5 Å². The maximum Gasteiger partial charge on any atom is 0.243 e. The second-order valence-electron chi connectivity index (χ2n) is 3.80. The minimum atomic E-state index is 0.0957. The molecule has 0 saturated carbocycles. The van der Waals surface area contributed by atoms with Crippen LogP contribution in [0, 0.1) is 6.92 Å². The molecule has 5 nitrogen and oxygen atoms in total. The van der Waals surface area contributed by atoms with Gasteiger partial charge in [-0.2, -0.15) is 4.98 Å². The molecule has 0 saturated heterocycles. The van der Waals surface area contributed by atoms with Gasteiger partial charge >= 0.3 is 0 Å².